The van der Waals surface area contributed by atoms with Gasteiger partial charge in [0.25, 0.3) is 0 Å². The lowest BCUT2D eigenvalue weighted by Gasteiger charge is -2.10. The van der Waals surface area contributed by atoms with E-state index in [0.717, 1.165) is 38.7 Å². The quantitative estimate of drug-likeness (QED) is 0.254. The topological polar surface area (TPSA) is 25.2 Å². The zero-order valence-electron chi connectivity index (χ0n) is 21.8. The summed E-state index contributed by atoms with van der Waals surface area (Å²) in [5.41, 5.74) is 8.75. The summed E-state index contributed by atoms with van der Waals surface area (Å²) in [5.74, 6) is 0. The maximum absolute atomic E-state index is 6.34. The van der Waals surface area contributed by atoms with Crippen LogP contribution in [-0.2, 0) is 0 Å². The van der Waals surface area contributed by atoms with Gasteiger partial charge in [0.05, 0.1) is 11.1 Å². The van der Waals surface area contributed by atoms with E-state index in [2.05, 4.69) is 139 Å². The van der Waals surface area contributed by atoms with Crippen LogP contribution < -0.4 is 5.32 Å². The highest BCUT2D eigenvalue weighted by molar-refractivity contribution is 6.18. The minimum Gasteiger partial charge on any atom is -0.455 e. The van der Waals surface area contributed by atoms with Crippen molar-refractivity contribution in [3.63, 3.8) is 0 Å². The number of fused-ring (bicyclic) bond motifs is 6. The van der Waals surface area contributed by atoms with E-state index in [1.54, 1.807) is 0 Å². The van der Waals surface area contributed by atoms with Gasteiger partial charge in [-0.2, -0.15) is 0 Å². The summed E-state index contributed by atoms with van der Waals surface area (Å²) in [6.45, 7) is 0. The zero-order chi connectivity index (χ0) is 26.5. The molecule has 0 radical (unpaired) electrons. The number of benzene rings is 7. The van der Waals surface area contributed by atoms with Crippen molar-refractivity contribution < 1.29 is 4.42 Å². The lowest BCUT2D eigenvalue weighted by molar-refractivity contribution is 0.673. The van der Waals surface area contributed by atoms with Gasteiger partial charge in [0.2, 0.25) is 0 Å². The third-order valence-electron chi connectivity index (χ3n) is 7.85. The second-order valence-electron chi connectivity index (χ2n) is 10.3. The molecule has 0 fully saturated rings. The number of anilines is 2. The molecule has 0 unspecified atom stereocenters. The highest BCUT2D eigenvalue weighted by atomic mass is 16.3. The molecule has 1 heterocycles. The Balaban J connectivity index is 1.08. The van der Waals surface area contributed by atoms with E-state index in [-0.39, 0.29) is 0 Å². The summed E-state index contributed by atoms with van der Waals surface area (Å²) in [6.07, 6.45) is 0. The Hall–Kier alpha value is -5.34. The van der Waals surface area contributed by atoms with E-state index in [1.807, 2.05) is 12.1 Å². The Morgan fingerprint density at radius 1 is 0.425 bits per heavy atom. The molecule has 7 aromatic carbocycles. The molecule has 0 aliphatic heterocycles. The Bertz CT molecular complexity index is 2170. The van der Waals surface area contributed by atoms with E-state index < -0.39 is 0 Å². The van der Waals surface area contributed by atoms with Crippen LogP contribution in [0.3, 0.4) is 0 Å². The Morgan fingerprint density at radius 2 is 1.05 bits per heavy atom. The molecule has 0 saturated carbocycles. The van der Waals surface area contributed by atoms with E-state index >= 15 is 0 Å². The van der Waals surface area contributed by atoms with Crippen LogP contribution in [0.25, 0.3) is 65.7 Å². The van der Waals surface area contributed by atoms with Gasteiger partial charge in [-0.05, 0) is 74.8 Å². The van der Waals surface area contributed by atoms with E-state index in [9.17, 15) is 0 Å². The average Bonchev–Trinajstić information content (AvgIpc) is 3.42. The van der Waals surface area contributed by atoms with Gasteiger partial charge in [0, 0.05) is 16.5 Å². The normalized spacial score (nSPS) is 11.5. The molecule has 0 saturated heterocycles. The lowest BCUT2D eigenvalue weighted by Crippen LogP contribution is -1.91. The molecule has 8 aromatic rings. The van der Waals surface area contributed by atoms with Crippen LogP contribution in [0.5, 0.6) is 0 Å². The van der Waals surface area contributed by atoms with Crippen molar-refractivity contribution in [1.82, 2.24) is 0 Å². The summed E-state index contributed by atoms with van der Waals surface area (Å²) < 4.78 is 6.34. The predicted molar refractivity (Wildman–Crippen MR) is 169 cm³/mol. The Labute approximate surface area is 232 Å². The van der Waals surface area contributed by atoms with Crippen LogP contribution in [0.2, 0.25) is 0 Å². The molecular weight excluding hydrogens is 486 g/mol. The third-order valence-corrected chi connectivity index (χ3v) is 7.85. The molecule has 8 rings (SSSR count). The lowest BCUT2D eigenvalue weighted by atomic mass is 9.98. The van der Waals surface area contributed by atoms with E-state index in [4.69, 9.17) is 4.42 Å². The molecule has 0 aliphatic rings. The molecule has 40 heavy (non-hydrogen) atoms. The number of rotatable bonds is 4. The van der Waals surface area contributed by atoms with Gasteiger partial charge in [0.15, 0.2) is 0 Å². The minimum absolute atomic E-state index is 0.888. The SMILES string of the molecule is c1ccc2cc(-c3ccc(-c4ccc(Nc5cccc6oc7c8ccccc8ccc7c56)cc4)cc3)ccc2c1. The van der Waals surface area contributed by atoms with Crippen LogP contribution >= 0.6 is 0 Å². The maximum atomic E-state index is 6.34. The predicted octanol–water partition coefficient (Wildman–Crippen LogP) is 11.0. The molecule has 1 aromatic heterocycles. The standard InChI is InChI=1S/C38H25NO/c1-2-8-30-24-31(17-16-25(30)6-1)28-14-12-26(13-15-28)27-18-21-32(22-19-27)39-35-10-5-11-36-37(35)34-23-20-29-7-3-4-9-33(29)38(34)40-36/h1-24,39H. The number of hydrogen-bond acceptors (Lipinski definition) is 2. The summed E-state index contributed by atoms with van der Waals surface area (Å²) >= 11 is 0. The first-order chi connectivity index (χ1) is 19.8. The van der Waals surface area contributed by atoms with Crippen molar-refractivity contribution in [2.24, 2.45) is 0 Å². The number of nitrogens with one attached hydrogen (secondary N) is 1. The van der Waals surface area contributed by atoms with Gasteiger partial charge < -0.3 is 9.73 Å². The van der Waals surface area contributed by atoms with Crippen molar-refractivity contribution in [3.05, 3.63) is 146 Å². The molecule has 0 aliphatic carbocycles. The van der Waals surface area contributed by atoms with Crippen LogP contribution in [-0.4, -0.2) is 0 Å². The van der Waals surface area contributed by atoms with Gasteiger partial charge in [0.1, 0.15) is 11.2 Å². The summed E-state index contributed by atoms with van der Waals surface area (Å²) in [4.78, 5) is 0. The second kappa shape index (κ2) is 9.14. The first-order valence-electron chi connectivity index (χ1n) is 13.6. The fraction of sp³-hybridized carbons (Fsp3) is 0. The van der Waals surface area contributed by atoms with Gasteiger partial charge in [-0.15, -0.1) is 0 Å². The van der Waals surface area contributed by atoms with Gasteiger partial charge >= 0.3 is 0 Å². The van der Waals surface area contributed by atoms with Crippen LogP contribution in [0.15, 0.2) is 150 Å². The molecule has 0 spiro atoms. The van der Waals surface area contributed by atoms with E-state index in [1.165, 1.54) is 38.4 Å². The van der Waals surface area contributed by atoms with Crippen LogP contribution in [0.1, 0.15) is 0 Å². The molecule has 2 heteroatoms. The maximum Gasteiger partial charge on any atom is 0.143 e. The van der Waals surface area contributed by atoms with Gasteiger partial charge in [-0.3, -0.25) is 0 Å². The summed E-state index contributed by atoms with van der Waals surface area (Å²) in [7, 11) is 0. The summed E-state index contributed by atoms with van der Waals surface area (Å²) in [5, 5.41) is 10.7. The molecule has 188 valence electrons. The highest BCUT2D eigenvalue weighted by Crippen LogP contribution is 2.39. The molecule has 1 N–H and O–H groups in total. The fourth-order valence-corrected chi connectivity index (χ4v) is 5.78. The monoisotopic (exact) mass is 511 g/mol. The van der Waals surface area contributed by atoms with Crippen LogP contribution in [0, 0.1) is 0 Å². The smallest absolute Gasteiger partial charge is 0.143 e. The molecular formula is C38H25NO. The highest BCUT2D eigenvalue weighted by Gasteiger charge is 2.13. The fourth-order valence-electron chi connectivity index (χ4n) is 5.78. The van der Waals surface area contributed by atoms with Crippen molar-refractivity contribution >= 4 is 54.9 Å². The van der Waals surface area contributed by atoms with Crippen molar-refractivity contribution in [2.75, 3.05) is 5.32 Å². The molecule has 0 bridgehead atoms. The minimum atomic E-state index is 0.888. The second-order valence-corrected chi connectivity index (χ2v) is 10.3. The molecule has 2 nitrogen and oxygen atoms in total. The van der Waals surface area contributed by atoms with Crippen molar-refractivity contribution in [2.45, 2.75) is 0 Å². The largest absolute Gasteiger partial charge is 0.455 e. The average molecular weight is 512 g/mol. The number of hydrogen-bond donors (Lipinski definition) is 1. The first-order valence-corrected chi connectivity index (χ1v) is 13.6. The van der Waals surface area contributed by atoms with Crippen molar-refractivity contribution in [3.8, 4) is 22.3 Å². The number of furan rings is 1. The summed E-state index contributed by atoms with van der Waals surface area (Å²) in [6, 6.07) is 51.5. The van der Waals surface area contributed by atoms with E-state index in [0.29, 0.717) is 0 Å². The first kappa shape index (κ1) is 22.6. The Morgan fingerprint density at radius 3 is 1.85 bits per heavy atom. The molecule has 0 amide bonds. The van der Waals surface area contributed by atoms with Crippen LogP contribution in [0.4, 0.5) is 11.4 Å². The van der Waals surface area contributed by atoms with Crippen molar-refractivity contribution in [1.29, 1.82) is 0 Å². The zero-order valence-corrected chi connectivity index (χ0v) is 21.8. The van der Waals surface area contributed by atoms with Gasteiger partial charge in [-0.25, -0.2) is 0 Å². The molecule has 0 atom stereocenters. The third kappa shape index (κ3) is 3.81. The van der Waals surface area contributed by atoms with Gasteiger partial charge in [-0.1, -0.05) is 109 Å². The Kier molecular flexibility index (Phi) is 5.17.